The number of carbonyl (C=O) groups is 1. The topological polar surface area (TPSA) is 58.4 Å². The number of anilines is 2. The number of nitrogens with one attached hydrogen (secondary N) is 1. The minimum Gasteiger partial charge on any atom is -0.397 e. The highest BCUT2D eigenvalue weighted by Crippen LogP contribution is 2.22. The van der Waals surface area contributed by atoms with Gasteiger partial charge in [-0.1, -0.05) is 11.6 Å². The molecule has 1 aromatic carbocycles. The van der Waals surface area contributed by atoms with Crippen LogP contribution >= 0.6 is 11.6 Å². The Bertz CT molecular complexity index is 393. The quantitative estimate of drug-likeness (QED) is 0.794. The molecule has 0 heterocycles. The van der Waals surface area contributed by atoms with E-state index in [9.17, 15) is 4.79 Å². The fourth-order valence-electron chi connectivity index (χ4n) is 1.10. The maximum Gasteiger partial charge on any atom is 0.241 e. The molecule has 5 heteroatoms. The Kier molecular flexibility index (Phi) is 4.15. The number of nitrogens with zero attached hydrogens (tertiary/aromatic N) is 1. The van der Waals surface area contributed by atoms with E-state index in [1.165, 1.54) is 0 Å². The van der Waals surface area contributed by atoms with Crippen molar-refractivity contribution >= 4 is 28.9 Å². The Morgan fingerprint density at radius 2 is 2.12 bits per heavy atom. The van der Waals surface area contributed by atoms with E-state index >= 15 is 0 Å². The zero-order chi connectivity index (χ0) is 12.3. The first-order chi connectivity index (χ1) is 7.41. The number of hydrogen-bond donors (Lipinski definition) is 2. The summed E-state index contributed by atoms with van der Waals surface area (Å²) >= 11 is 5.78. The fourth-order valence-corrected chi connectivity index (χ4v) is 1.22. The van der Waals surface area contributed by atoms with Crippen molar-refractivity contribution in [2.75, 3.05) is 25.1 Å². The second-order valence-electron chi connectivity index (χ2n) is 3.87. The van der Waals surface area contributed by atoms with Crippen molar-refractivity contribution in [1.29, 1.82) is 0 Å². The average Bonchev–Trinajstić information content (AvgIpc) is 2.22. The van der Waals surface area contributed by atoms with E-state index in [0.717, 1.165) is 0 Å². The number of carbonyl (C=O) groups excluding carboxylic acids is 1. The lowest BCUT2D eigenvalue weighted by Gasteiger charge is -2.19. The Labute approximate surface area is 100 Å². The molecule has 0 aliphatic heterocycles. The molecular formula is C11H16ClN3O. The summed E-state index contributed by atoms with van der Waals surface area (Å²) in [5, 5.41) is 3.26. The summed E-state index contributed by atoms with van der Waals surface area (Å²) in [5.41, 5.74) is 6.75. The third-order valence-corrected chi connectivity index (χ3v) is 2.76. The highest BCUT2D eigenvalue weighted by molar-refractivity contribution is 6.33. The van der Waals surface area contributed by atoms with E-state index in [4.69, 9.17) is 17.3 Å². The summed E-state index contributed by atoms with van der Waals surface area (Å²) in [6, 6.07) is 4.82. The van der Waals surface area contributed by atoms with Gasteiger partial charge in [-0.2, -0.15) is 0 Å². The summed E-state index contributed by atoms with van der Waals surface area (Å²) in [7, 11) is 3.70. The van der Waals surface area contributed by atoms with Crippen molar-refractivity contribution in [2.45, 2.75) is 13.0 Å². The zero-order valence-corrected chi connectivity index (χ0v) is 10.4. The van der Waals surface area contributed by atoms with Crippen LogP contribution in [0, 0.1) is 0 Å². The van der Waals surface area contributed by atoms with Crippen LogP contribution in [-0.2, 0) is 4.79 Å². The van der Waals surface area contributed by atoms with E-state index < -0.39 is 0 Å². The highest BCUT2D eigenvalue weighted by atomic mass is 35.5. The maximum atomic E-state index is 11.7. The molecule has 16 heavy (non-hydrogen) atoms. The molecule has 0 saturated carbocycles. The van der Waals surface area contributed by atoms with Crippen molar-refractivity contribution in [3.8, 4) is 0 Å². The van der Waals surface area contributed by atoms with Crippen LogP contribution in [0.5, 0.6) is 0 Å². The molecule has 1 atom stereocenters. The lowest BCUT2D eigenvalue weighted by Crippen LogP contribution is -2.37. The number of nitrogens with two attached hydrogens (primary N) is 1. The molecule has 1 rings (SSSR count). The van der Waals surface area contributed by atoms with E-state index in [0.29, 0.717) is 16.4 Å². The number of benzene rings is 1. The Hall–Kier alpha value is -1.26. The predicted molar refractivity (Wildman–Crippen MR) is 67.6 cm³/mol. The third-order valence-electron chi connectivity index (χ3n) is 2.42. The highest BCUT2D eigenvalue weighted by Gasteiger charge is 2.14. The molecule has 0 spiro atoms. The van der Waals surface area contributed by atoms with Crippen LogP contribution in [0.15, 0.2) is 18.2 Å². The van der Waals surface area contributed by atoms with E-state index in [1.54, 1.807) is 18.2 Å². The predicted octanol–water partition coefficient (Wildman–Crippen LogP) is 1.81. The summed E-state index contributed by atoms with van der Waals surface area (Å²) in [4.78, 5) is 13.6. The van der Waals surface area contributed by atoms with Crippen molar-refractivity contribution < 1.29 is 4.79 Å². The van der Waals surface area contributed by atoms with E-state index in [-0.39, 0.29) is 11.9 Å². The zero-order valence-electron chi connectivity index (χ0n) is 9.62. The number of hydrogen-bond acceptors (Lipinski definition) is 3. The molecule has 0 bridgehead atoms. The smallest absolute Gasteiger partial charge is 0.241 e. The van der Waals surface area contributed by atoms with Crippen LogP contribution in [0.25, 0.3) is 0 Å². The van der Waals surface area contributed by atoms with Gasteiger partial charge in [0.25, 0.3) is 0 Å². The number of halogens is 1. The van der Waals surface area contributed by atoms with Gasteiger partial charge in [0.15, 0.2) is 0 Å². The maximum absolute atomic E-state index is 11.7. The Balaban J connectivity index is 2.74. The Morgan fingerprint density at radius 3 is 2.62 bits per heavy atom. The number of amides is 1. The summed E-state index contributed by atoms with van der Waals surface area (Å²) in [6.45, 7) is 1.83. The molecule has 0 aliphatic rings. The van der Waals surface area contributed by atoms with Gasteiger partial charge in [-0.05, 0) is 39.2 Å². The monoisotopic (exact) mass is 241 g/mol. The SMILES string of the molecule is CC(C(=O)Nc1ccc(Cl)c(N)c1)N(C)C. The fraction of sp³-hybridized carbons (Fsp3) is 0.364. The normalized spacial score (nSPS) is 12.6. The van der Waals surface area contributed by atoms with Crippen molar-refractivity contribution in [2.24, 2.45) is 0 Å². The van der Waals surface area contributed by atoms with Crippen molar-refractivity contribution in [3.05, 3.63) is 23.2 Å². The molecule has 0 saturated heterocycles. The minimum absolute atomic E-state index is 0.0771. The average molecular weight is 242 g/mol. The number of likely N-dealkylation sites (N-methyl/N-ethyl adjacent to an activating group) is 1. The molecule has 0 aromatic heterocycles. The van der Waals surface area contributed by atoms with Crippen molar-refractivity contribution in [1.82, 2.24) is 4.90 Å². The van der Waals surface area contributed by atoms with Gasteiger partial charge in [0.1, 0.15) is 0 Å². The van der Waals surface area contributed by atoms with Gasteiger partial charge in [0, 0.05) is 5.69 Å². The standard InChI is InChI=1S/C11H16ClN3O/c1-7(15(2)3)11(16)14-8-4-5-9(12)10(13)6-8/h4-7H,13H2,1-3H3,(H,14,16). The number of rotatable bonds is 3. The molecular weight excluding hydrogens is 226 g/mol. The third kappa shape index (κ3) is 3.12. The summed E-state index contributed by atoms with van der Waals surface area (Å²) in [6.07, 6.45) is 0. The van der Waals surface area contributed by atoms with Crippen LogP contribution in [0.1, 0.15) is 6.92 Å². The molecule has 1 amide bonds. The summed E-state index contributed by atoms with van der Waals surface area (Å²) in [5.74, 6) is -0.0771. The van der Waals surface area contributed by atoms with Gasteiger partial charge in [-0.25, -0.2) is 0 Å². The lowest BCUT2D eigenvalue weighted by molar-refractivity contribution is -0.119. The van der Waals surface area contributed by atoms with Crippen LogP contribution in [0.4, 0.5) is 11.4 Å². The first-order valence-electron chi connectivity index (χ1n) is 4.94. The molecule has 3 N–H and O–H groups in total. The van der Waals surface area contributed by atoms with E-state index in [1.807, 2.05) is 25.9 Å². The van der Waals surface area contributed by atoms with Gasteiger partial charge < -0.3 is 11.1 Å². The van der Waals surface area contributed by atoms with Gasteiger partial charge >= 0.3 is 0 Å². The molecule has 1 unspecified atom stereocenters. The number of nitrogen functional groups attached to an aromatic ring is 1. The molecule has 0 aliphatic carbocycles. The summed E-state index contributed by atoms with van der Waals surface area (Å²) < 4.78 is 0. The lowest BCUT2D eigenvalue weighted by atomic mass is 10.2. The Morgan fingerprint density at radius 1 is 1.50 bits per heavy atom. The van der Waals surface area contributed by atoms with Crippen LogP contribution in [-0.4, -0.2) is 30.9 Å². The van der Waals surface area contributed by atoms with Crippen LogP contribution < -0.4 is 11.1 Å². The first kappa shape index (κ1) is 12.8. The van der Waals surface area contributed by atoms with Gasteiger partial charge in [0.2, 0.25) is 5.91 Å². The molecule has 88 valence electrons. The molecule has 0 radical (unpaired) electrons. The second-order valence-corrected chi connectivity index (χ2v) is 4.27. The second kappa shape index (κ2) is 5.18. The van der Waals surface area contributed by atoms with Gasteiger partial charge in [0.05, 0.1) is 16.8 Å². The first-order valence-corrected chi connectivity index (χ1v) is 5.32. The van der Waals surface area contributed by atoms with Gasteiger partial charge in [-0.15, -0.1) is 0 Å². The van der Waals surface area contributed by atoms with Crippen LogP contribution in [0.2, 0.25) is 5.02 Å². The van der Waals surface area contributed by atoms with Crippen LogP contribution in [0.3, 0.4) is 0 Å². The van der Waals surface area contributed by atoms with Gasteiger partial charge in [-0.3, -0.25) is 9.69 Å². The molecule has 1 aromatic rings. The van der Waals surface area contributed by atoms with Crippen molar-refractivity contribution in [3.63, 3.8) is 0 Å². The van der Waals surface area contributed by atoms with E-state index in [2.05, 4.69) is 5.32 Å². The minimum atomic E-state index is -0.197. The largest absolute Gasteiger partial charge is 0.397 e. The molecule has 4 nitrogen and oxygen atoms in total. The molecule has 0 fully saturated rings.